The Labute approximate surface area is 91.9 Å². The summed E-state index contributed by atoms with van der Waals surface area (Å²) in [6, 6.07) is 0. The molecule has 0 unspecified atom stereocenters. The third-order valence-corrected chi connectivity index (χ3v) is 1.74. The van der Waals surface area contributed by atoms with Crippen molar-refractivity contribution >= 4 is 5.97 Å². The van der Waals surface area contributed by atoms with Gasteiger partial charge in [-0.15, -0.1) is 0 Å². The van der Waals surface area contributed by atoms with Gasteiger partial charge in [-0.1, -0.05) is 32.1 Å². The minimum atomic E-state index is -0.920. The molecule has 0 spiro atoms. The van der Waals surface area contributed by atoms with Crippen LogP contribution in [0.25, 0.3) is 0 Å². The zero-order valence-corrected chi connectivity index (χ0v) is 9.31. The maximum Gasteiger partial charge on any atom is 0.144 e. The fourth-order valence-electron chi connectivity index (χ4n) is 1.25. The van der Waals surface area contributed by atoms with Crippen LogP contribution in [0, 0.1) is 6.08 Å². The smallest absolute Gasteiger partial charge is 0.144 e. The standard InChI is InChI=1S/C8H11O2.Y/c9-8(10)6-7-4-2-1-3-5-7;/h1-5H2,(H,9,10);/q-1;. The fraction of sp³-hybridized carbons (Fsp3) is 0.625. The minimum absolute atomic E-state index is 0. The summed E-state index contributed by atoms with van der Waals surface area (Å²) in [6.45, 7) is 0. The van der Waals surface area contributed by atoms with E-state index in [2.05, 4.69) is 6.08 Å². The molecule has 59 valence electrons. The number of rotatable bonds is 1. The predicted octanol–water partition coefficient (Wildman–Crippen LogP) is 1.76. The molecule has 1 fully saturated rings. The number of carbonyl (C=O) groups is 1. The van der Waals surface area contributed by atoms with Crippen LogP contribution in [0.4, 0.5) is 0 Å². The molecule has 1 aliphatic carbocycles. The van der Waals surface area contributed by atoms with Crippen molar-refractivity contribution in [3.63, 3.8) is 0 Å². The van der Waals surface area contributed by atoms with Crippen LogP contribution in [0.3, 0.4) is 0 Å². The Morgan fingerprint density at radius 3 is 2.27 bits per heavy atom. The van der Waals surface area contributed by atoms with Crippen molar-refractivity contribution in [2.75, 3.05) is 0 Å². The van der Waals surface area contributed by atoms with Crippen LogP contribution in [0.15, 0.2) is 5.57 Å². The Morgan fingerprint density at radius 2 is 1.82 bits per heavy atom. The van der Waals surface area contributed by atoms with Gasteiger partial charge < -0.3 is 11.2 Å². The van der Waals surface area contributed by atoms with Crippen molar-refractivity contribution in [2.24, 2.45) is 0 Å². The molecule has 0 amide bonds. The van der Waals surface area contributed by atoms with Crippen LogP contribution in [-0.2, 0) is 37.5 Å². The minimum Gasteiger partial charge on any atom is -0.505 e. The topological polar surface area (TPSA) is 37.3 Å². The van der Waals surface area contributed by atoms with Gasteiger partial charge in [-0.2, -0.15) is 0 Å². The molecule has 1 saturated carbocycles. The number of allylic oxidation sites excluding steroid dienone is 1. The van der Waals surface area contributed by atoms with Crippen molar-refractivity contribution in [1.82, 2.24) is 0 Å². The zero-order chi connectivity index (χ0) is 7.40. The van der Waals surface area contributed by atoms with Gasteiger partial charge in [-0.05, 0) is 0 Å². The molecule has 0 aliphatic heterocycles. The number of hydrogen-bond acceptors (Lipinski definition) is 1. The number of carboxylic acids is 1. The summed E-state index contributed by atoms with van der Waals surface area (Å²) in [5, 5.41) is 8.33. The van der Waals surface area contributed by atoms with E-state index in [-0.39, 0.29) is 32.7 Å². The second-order valence-electron chi connectivity index (χ2n) is 2.59. The molecular weight excluding hydrogens is 217 g/mol. The molecule has 0 aromatic carbocycles. The van der Waals surface area contributed by atoms with Crippen LogP contribution < -0.4 is 0 Å². The fourth-order valence-corrected chi connectivity index (χ4v) is 1.25. The molecule has 2 nitrogen and oxygen atoms in total. The summed E-state index contributed by atoms with van der Waals surface area (Å²) >= 11 is 0. The number of aliphatic carboxylic acids is 1. The van der Waals surface area contributed by atoms with E-state index >= 15 is 0 Å². The monoisotopic (exact) mass is 228 g/mol. The maximum atomic E-state index is 10.1. The molecule has 3 heteroatoms. The molecule has 0 saturated heterocycles. The van der Waals surface area contributed by atoms with Crippen molar-refractivity contribution < 1.29 is 42.6 Å². The molecule has 0 bridgehead atoms. The first-order valence-electron chi connectivity index (χ1n) is 3.63. The van der Waals surface area contributed by atoms with E-state index in [1.54, 1.807) is 0 Å². The number of carboxylic acid groups (broad SMARTS) is 1. The Bertz CT molecular complexity index is 155. The predicted molar refractivity (Wildman–Crippen MR) is 37.5 cm³/mol. The van der Waals surface area contributed by atoms with Crippen molar-refractivity contribution in [3.8, 4) is 0 Å². The summed E-state index contributed by atoms with van der Waals surface area (Å²) in [4.78, 5) is 10.1. The Kier molecular flexibility index (Phi) is 6.07. The number of hydrogen-bond donors (Lipinski definition) is 1. The molecule has 0 aromatic rings. The van der Waals surface area contributed by atoms with E-state index < -0.39 is 5.97 Å². The van der Waals surface area contributed by atoms with Gasteiger partial charge in [0.05, 0.1) is 0 Å². The first-order chi connectivity index (χ1) is 4.79. The summed E-state index contributed by atoms with van der Waals surface area (Å²) in [5.74, 6) is -0.920. The molecule has 0 aromatic heterocycles. The maximum absolute atomic E-state index is 10.1. The van der Waals surface area contributed by atoms with Crippen LogP contribution in [0.5, 0.6) is 0 Å². The molecule has 1 rings (SSSR count). The van der Waals surface area contributed by atoms with E-state index in [0.717, 1.165) is 31.3 Å². The first-order valence-corrected chi connectivity index (χ1v) is 3.63. The van der Waals surface area contributed by atoms with E-state index in [1.165, 1.54) is 6.42 Å². The van der Waals surface area contributed by atoms with Crippen molar-refractivity contribution in [1.29, 1.82) is 0 Å². The summed E-state index contributed by atoms with van der Waals surface area (Å²) in [5.41, 5.74) is 0.985. The molecular formula is C8H11O2Y-. The third kappa shape index (κ3) is 4.70. The van der Waals surface area contributed by atoms with Crippen LogP contribution >= 0.6 is 0 Å². The zero-order valence-electron chi connectivity index (χ0n) is 6.47. The molecule has 0 atom stereocenters. The molecule has 0 heterocycles. The van der Waals surface area contributed by atoms with Crippen LogP contribution in [0.2, 0.25) is 0 Å². The van der Waals surface area contributed by atoms with Gasteiger partial charge in [0.15, 0.2) is 0 Å². The van der Waals surface area contributed by atoms with Gasteiger partial charge in [0, 0.05) is 32.7 Å². The average Bonchev–Trinajstić information content (AvgIpc) is 1.88. The third-order valence-electron chi connectivity index (χ3n) is 1.74. The van der Waals surface area contributed by atoms with E-state index in [9.17, 15) is 4.79 Å². The first kappa shape index (κ1) is 11.3. The largest absolute Gasteiger partial charge is 0.505 e. The summed E-state index contributed by atoms with van der Waals surface area (Å²) < 4.78 is 0. The van der Waals surface area contributed by atoms with Gasteiger partial charge in [0.25, 0.3) is 0 Å². The second kappa shape index (κ2) is 5.90. The van der Waals surface area contributed by atoms with E-state index in [0.29, 0.717) is 0 Å². The SMILES string of the molecule is O=C(O)[C-]=C1CCCCC1.[Y]. The van der Waals surface area contributed by atoms with Crippen molar-refractivity contribution in [2.45, 2.75) is 32.1 Å². The molecule has 1 N–H and O–H groups in total. The molecule has 1 aliphatic rings. The summed E-state index contributed by atoms with van der Waals surface area (Å²) in [6.07, 6.45) is 7.80. The van der Waals surface area contributed by atoms with Crippen molar-refractivity contribution in [3.05, 3.63) is 11.6 Å². The van der Waals surface area contributed by atoms with Gasteiger partial charge >= 0.3 is 0 Å². The Morgan fingerprint density at radius 1 is 1.27 bits per heavy atom. The van der Waals surface area contributed by atoms with Gasteiger partial charge in [0.2, 0.25) is 0 Å². The average molecular weight is 228 g/mol. The molecule has 11 heavy (non-hydrogen) atoms. The van der Waals surface area contributed by atoms with Gasteiger partial charge in [0.1, 0.15) is 5.97 Å². The van der Waals surface area contributed by atoms with Gasteiger partial charge in [-0.25, -0.2) is 5.57 Å². The Balaban J connectivity index is 0.000001000. The quantitative estimate of drug-likeness (QED) is 0.548. The second-order valence-corrected chi connectivity index (χ2v) is 2.59. The summed E-state index contributed by atoms with van der Waals surface area (Å²) in [7, 11) is 0. The van der Waals surface area contributed by atoms with E-state index in [1.807, 2.05) is 0 Å². The van der Waals surface area contributed by atoms with Gasteiger partial charge in [-0.3, -0.25) is 4.79 Å². The Hall–Kier alpha value is 0.314. The van der Waals surface area contributed by atoms with Crippen LogP contribution in [-0.4, -0.2) is 11.1 Å². The molecule has 1 radical (unpaired) electrons. The normalized spacial score (nSPS) is 16.9. The van der Waals surface area contributed by atoms with E-state index in [4.69, 9.17) is 5.11 Å². The van der Waals surface area contributed by atoms with Crippen LogP contribution in [0.1, 0.15) is 32.1 Å².